The summed E-state index contributed by atoms with van der Waals surface area (Å²) < 4.78 is 0. The van der Waals surface area contributed by atoms with E-state index in [1.807, 2.05) is 0 Å². The third kappa shape index (κ3) is 1.98. The van der Waals surface area contributed by atoms with E-state index in [1.54, 1.807) is 18.3 Å². The molecule has 2 rings (SSSR count). The van der Waals surface area contributed by atoms with Gasteiger partial charge < -0.3 is 15.2 Å². The average molecular weight is 245 g/mol. The van der Waals surface area contributed by atoms with Crippen LogP contribution in [0.25, 0.3) is 17.0 Å². The quantitative estimate of drug-likeness (QED) is 0.724. The van der Waals surface area contributed by atoms with E-state index in [0.717, 1.165) is 0 Å². The van der Waals surface area contributed by atoms with Gasteiger partial charge in [0, 0.05) is 22.7 Å². The fraction of sp³-hybridized carbons (Fsp3) is 0.0769. The Morgan fingerprint density at radius 2 is 2.00 bits per heavy atom. The Kier molecular flexibility index (Phi) is 2.89. The minimum atomic E-state index is -1.02. The minimum absolute atomic E-state index is 0.167. The number of nitrogens with one attached hydrogen (secondary N) is 1. The highest BCUT2D eigenvalue weighted by molar-refractivity contribution is 6.05. The van der Waals surface area contributed by atoms with E-state index in [9.17, 15) is 9.59 Å². The molecule has 0 unspecified atom stereocenters. The van der Waals surface area contributed by atoms with Gasteiger partial charge in [0.1, 0.15) is 0 Å². The summed E-state index contributed by atoms with van der Waals surface area (Å²) in [6.45, 7) is 1.49. The molecule has 2 aromatic rings. The largest absolute Gasteiger partial charge is 0.478 e. The highest BCUT2D eigenvalue weighted by Gasteiger charge is 2.11. The molecule has 1 heterocycles. The van der Waals surface area contributed by atoms with E-state index in [-0.39, 0.29) is 11.1 Å². The molecule has 0 aliphatic carbocycles. The highest BCUT2D eigenvalue weighted by atomic mass is 16.4. The molecule has 18 heavy (non-hydrogen) atoms. The van der Waals surface area contributed by atoms with Crippen molar-refractivity contribution >= 4 is 28.9 Å². The Bertz CT molecular complexity index is 667. The van der Waals surface area contributed by atoms with Gasteiger partial charge in [-0.1, -0.05) is 12.1 Å². The molecule has 92 valence electrons. The Hall–Kier alpha value is -2.56. The number of para-hydroxylation sites is 1. The van der Waals surface area contributed by atoms with Crippen LogP contribution in [0.15, 0.2) is 30.0 Å². The summed E-state index contributed by atoms with van der Waals surface area (Å²) in [6.07, 6.45) is 3.11. The summed E-state index contributed by atoms with van der Waals surface area (Å²) in [5.74, 6) is -2.02. The van der Waals surface area contributed by atoms with Crippen molar-refractivity contribution in [2.24, 2.45) is 0 Å². The predicted octanol–water partition coefficient (Wildman–Crippen LogP) is 2.35. The van der Waals surface area contributed by atoms with Gasteiger partial charge in [0.05, 0.1) is 11.1 Å². The van der Waals surface area contributed by atoms with Gasteiger partial charge in [-0.25, -0.2) is 9.59 Å². The summed E-state index contributed by atoms with van der Waals surface area (Å²) in [5.41, 5.74) is 1.51. The third-order valence-electron chi connectivity index (χ3n) is 2.69. The Labute approximate surface area is 102 Å². The summed E-state index contributed by atoms with van der Waals surface area (Å²) in [7, 11) is 0. The van der Waals surface area contributed by atoms with Crippen molar-refractivity contribution in [3.05, 3.63) is 41.1 Å². The first kappa shape index (κ1) is 11.9. The van der Waals surface area contributed by atoms with Crippen LogP contribution in [0.5, 0.6) is 0 Å². The number of carboxylic acids is 2. The molecule has 0 fully saturated rings. The molecule has 3 N–H and O–H groups in total. The molecule has 0 amide bonds. The van der Waals surface area contributed by atoms with Gasteiger partial charge in [-0.05, 0) is 19.1 Å². The SMILES string of the molecule is C/C(=C\c1c[nH]c2c(C(=O)O)cccc12)C(=O)O. The maximum atomic E-state index is 11.0. The lowest BCUT2D eigenvalue weighted by molar-refractivity contribution is -0.132. The van der Waals surface area contributed by atoms with Gasteiger partial charge in [-0.3, -0.25) is 0 Å². The van der Waals surface area contributed by atoms with E-state index in [2.05, 4.69) is 4.98 Å². The maximum Gasteiger partial charge on any atom is 0.337 e. The van der Waals surface area contributed by atoms with Crippen molar-refractivity contribution in [3.63, 3.8) is 0 Å². The first-order valence-corrected chi connectivity index (χ1v) is 5.25. The van der Waals surface area contributed by atoms with E-state index >= 15 is 0 Å². The number of hydrogen-bond acceptors (Lipinski definition) is 2. The van der Waals surface area contributed by atoms with E-state index in [4.69, 9.17) is 10.2 Å². The van der Waals surface area contributed by atoms with Crippen LogP contribution in [0.2, 0.25) is 0 Å². The van der Waals surface area contributed by atoms with E-state index < -0.39 is 11.9 Å². The summed E-state index contributed by atoms with van der Waals surface area (Å²) in [4.78, 5) is 24.7. The molecule has 0 spiro atoms. The molecule has 0 aliphatic heterocycles. The first-order chi connectivity index (χ1) is 8.50. The van der Waals surface area contributed by atoms with Crippen molar-refractivity contribution in [2.75, 3.05) is 0 Å². The number of rotatable bonds is 3. The summed E-state index contributed by atoms with van der Waals surface area (Å²) in [6, 6.07) is 4.88. The van der Waals surface area contributed by atoms with Crippen LogP contribution in [0.3, 0.4) is 0 Å². The Morgan fingerprint density at radius 3 is 2.61 bits per heavy atom. The fourth-order valence-corrected chi connectivity index (χ4v) is 1.77. The van der Waals surface area contributed by atoms with Crippen molar-refractivity contribution in [1.29, 1.82) is 0 Å². The second kappa shape index (κ2) is 4.37. The van der Waals surface area contributed by atoms with Crippen molar-refractivity contribution in [2.45, 2.75) is 6.92 Å². The van der Waals surface area contributed by atoms with Crippen molar-refractivity contribution in [3.8, 4) is 0 Å². The number of aromatic carboxylic acids is 1. The Balaban J connectivity index is 2.63. The van der Waals surface area contributed by atoms with Gasteiger partial charge in [-0.15, -0.1) is 0 Å². The van der Waals surface area contributed by atoms with Gasteiger partial charge in [0.15, 0.2) is 0 Å². The lowest BCUT2D eigenvalue weighted by Gasteiger charge is -1.98. The van der Waals surface area contributed by atoms with Crippen molar-refractivity contribution in [1.82, 2.24) is 4.98 Å². The van der Waals surface area contributed by atoms with Crippen LogP contribution in [0.1, 0.15) is 22.8 Å². The second-order valence-corrected chi connectivity index (χ2v) is 3.91. The molecular formula is C13H11NO4. The van der Waals surface area contributed by atoms with Crippen LogP contribution in [-0.2, 0) is 4.79 Å². The lowest BCUT2D eigenvalue weighted by Crippen LogP contribution is -1.97. The zero-order chi connectivity index (χ0) is 13.3. The zero-order valence-electron chi connectivity index (χ0n) is 9.60. The monoisotopic (exact) mass is 245 g/mol. The number of H-pyrrole nitrogens is 1. The van der Waals surface area contributed by atoms with E-state index in [1.165, 1.54) is 19.1 Å². The maximum absolute atomic E-state index is 11.0. The number of carboxylic acid groups (broad SMARTS) is 2. The molecule has 0 saturated carbocycles. The number of fused-ring (bicyclic) bond motifs is 1. The fourth-order valence-electron chi connectivity index (χ4n) is 1.77. The molecule has 0 bridgehead atoms. The molecular weight excluding hydrogens is 234 g/mol. The van der Waals surface area contributed by atoms with Crippen LogP contribution in [0, 0.1) is 0 Å². The molecule has 0 atom stereocenters. The molecule has 0 radical (unpaired) electrons. The van der Waals surface area contributed by atoms with Gasteiger partial charge >= 0.3 is 11.9 Å². The molecule has 5 nitrogen and oxygen atoms in total. The average Bonchev–Trinajstić information content (AvgIpc) is 2.72. The lowest BCUT2D eigenvalue weighted by atomic mass is 10.1. The number of carbonyl (C=O) groups is 2. The molecule has 1 aromatic heterocycles. The second-order valence-electron chi connectivity index (χ2n) is 3.91. The van der Waals surface area contributed by atoms with Crippen LogP contribution < -0.4 is 0 Å². The zero-order valence-corrected chi connectivity index (χ0v) is 9.60. The highest BCUT2D eigenvalue weighted by Crippen LogP contribution is 2.23. The van der Waals surface area contributed by atoms with Crippen LogP contribution in [0.4, 0.5) is 0 Å². The smallest absolute Gasteiger partial charge is 0.337 e. The normalized spacial score (nSPS) is 11.7. The molecule has 5 heteroatoms. The number of aliphatic carboxylic acids is 1. The molecule has 0 saturated heterocycles. The summed E-state index contributed by atoms with van der Waals surface area (Å²) >= 11 is 0. The topological polar surface area (TPSA) is 90.4 Å². The number of aromatic nitrogens is 1. The number of hydrogen-bond donors (Lipinski definition) is 3. The predicted molar refractivity (Wildman–Crippen MR) is 66.5 cm³/mol. The number of benzene rings is 1. The first-order valence-electron chi connectivity index (χ1n) is 5.25. The van der Waals surface area contributed by atoms with Crippen molar-refractivity contribution < 1.29 is 19.8 Å². The third-order valence-corrected chi connectivity index (χ3v) is 2.69. The molecule has 1 aromatic carbocycles. The van der Waals surface area contributed by atoms with Crippen LogP contribution in [-0.4, -0.2) is 27.1 Å². The van der Waals surface area contributed by atoms with Crippen LogP contribution >= 0.6 is 0 Å². The van der Waals surface area contributed by atoms with E-state index in [0.29, 0.717) is 16.5 Å². The summed E-state index contributed by atoms with van der Waals surface area (Å²) in [5, 5.41) is 18.5. The van der Waals surface area contributed by atoms with Gasteiger partial charge in [0.25, 0.3) is 0 Å². The standard InChI is InChI=1S/C13H11NO4/c1-7(12(15)16)5-8-6-14-11-9(8)3-2-4-10(11)13(17)18/h2-6,14H,1H3,(H,15,16)(H,17,18)/b7-5+. The Morgan fingerprint density at radius 1 is 1.28 bits per heavy atom. The molecule has 0 aliphatic rings. The number of aromatic amines is 1. The van der Waals surface area contributed by atoms with Gasteiger partial charge in [0.2, 0.25) is 0 Å². The van der Waals surface area contributed by atoms with Gasteiger partial charge in [-0.2, -0.15) is 0 Å². The minimum Gasteiger partial charge on any atom is -0.478 e.